The van der Waals surface area contributed by atoms with Crippen LogP contribution in [-0.4, -0.2) is 34.7 Å². The molecule has 0 rings (SSSR count). The smallest absolute Gasteiger partial charge is 0.321 e. The molecule has 0 saturated carbocycles. The van der Waals surface area contributed by atoms with Crippen molar-refractivity contribution in [3.63, 3.8) is 0 Å². The lowest BCUT2D eigenvalue weighted by Crippen LogP contribution is -2.42. The zero-order chi connectivity index (χ0) is 9.72. The number of rotatable bonds is 5. The molecule has 12 heavy (non-hydrogen) atoms. The van der Waals surface area contributed by atoms with E-state index >= 15 is 0 Å². The minimum Gasteiger partial charge on any atom is -0.481 e. The first-order chi connectivity index (χ1) is 5.50. The van der Waals surface area contributed by atoms with Crippen molar-refractivity contribution in [3.8, 4) is 0 Å². The van der Waals surface area contributed by atoms with Gasteiger partial charge in [-0.15, -0.1) is 0 Å². The molecule has 0 radical (unpaired) electrons. The Morgan fingerprint density at radius 2 is 1.75 bits per heavy atom. The maximum atomic E-state index is 10.4. The molecular formula is C6H12N2O4. The number of carboxylic acid groups (broad SMARTS) is 2. The Hall–Kier alpha value is -1.14. The van der Waals surface area contributed by atoms with E-state index in [9.17, 15) is 9.59 Å². The highest BCUT2D eigenvalue weighted by Gasteiger charge is 2.29. The van der Waals surface area contributed by atoms with E-state index in [1.807, 2.05) is 0 Å². The Balaban J connectivity index is 4.28. The SMILES string of the molecule is NCCC(C(=O)O)C(N)C(=O)O. The Labute approximate surface area is 69.2 Å². The molecule has 0 fully saturated rings. The topological polar surface area (TPSA) is 127 Å². The molecule has 0 aromatic carbocycles. The highest BCUT2D eigenvalue weighted by molar-refractivity contribution is 5.82. The van der Waals surface area contributed by atoms with Gasteiger partial charge in [-0.2, -0.15) is 0 Å². The van der Waals surface area contributed by atoms with Crippen LogP contribution in [0.5, 0.6) is 0 Å². The van der Waals surface area contributed by atoms with E-state index < -0.39 is 23.9 Å². The van der Waals surface area contributed by atoms with Gasteiger partial charge in [0.2, 0.25) is 0 Å². The fourth-order valence-electron chi connectivity index (χ4n) is 0.808. The molecule has 6 nitrogen and oxygen atoms in total. The molecular weight excluding hydrogens is 164 g/mol. The summed E-state index contributed by atoms with van der Waals surface area (Å²) in [7, 11) is 0. The van der Waals surface area contributed by atoms with Crippen LogP contribution in [0.3, 0.4) is 0 Å². The van der Waals surface area contributed by atoms with Crippen molar-refractivity contribution in [1.82, 2.24) is 0 Å². The molecule has 0 aliphatic rings. The Bertz CT molecular complexity index is 182. The molecule has 6 heteroatoms. The average molecular weight is 176 g/mol. The summed E-state index contributed by atoms with van der Waals surface area (Å²) in [6, 6.07) is -1.38. The molecule has 0 amide bonds. The molecule has 6 N–H and O–H groups in total. The molecule has 0 aromatic rings. The van der Waals surface area contributed by atoms with Crippen molar-refractivity contribution in [2.24, 2.45) is 17.4 Å². The van der Waals surface area contributed by atoms with Crippen LogP contribution in [0.4, 0.5) is 0 Å². The summed E-state index contributed by atoms with van der Waals surface area (Å²) in [6.07, 6.45) is 0.0722. The van der Waals surface area contributed by atoms with Gasteiger partial charge >= 0.3 is 11.9 Å². The lowest BCUT2D eigenvalue weighted by atomic mass is 9.97. The monoisotopic (exact) mass is 176 g/mol. The number of carboxylic acids is 2. The zero-order valence-electron chi connectivity index (χ0n) is 6.43. The number of carbonyl (C=O) groups is 2. The van der Waals surface area contributed by atoms with Crippen molar-refractivity contribution >= 4 is 11.9 Å². The maximum absolute atomic E-state index is 10.4. The van der Waals surface area contributed by atoms with Crippen LogP contribution in [0.15, 0.2) is 0 Å². The number of aliphatic carboxylic acids is 2. The second-order valence-electron chi connectivity index (χ2n) is 2.39. The molecule has 2 atom stereocenters. The van der Waals surface area contributed by atoms with Gasteiger partial charge in [0, 0.05) is 0 Å². The summed E-state index contributed by atoms with van der Waals surface area (Å²) in [5.41, 5.74) is 10.2. The number of hydrogen-bond acceptors (Lipinski definition) is 4. The molecule has 0 saturated heterocycles. The Morgan fingerprint density at radius 3 is 2.00 bits per heavy atom. The van der Waals surface area contributed by atoms with Crippen molar-refractivity contribution in [2.75, 3.05) is 6.54 Å². The van der Waals surface area contributed by atoms with Gasteiger partial charge in [0.25, 0.3) is 0 Å². The van der Waals surface area contributed by atoms with E-state index in [0.29, 0.717) is 0 Å². The first-order valence-corrected chi connectivity index (χ1v) is 3.42. The average Bonchev–Trinajstić information content (AvgIpc) is 1.98. The van der Waals surface area contributed by atoms with Crippen LogP contribution < -0.4 is 11.5 Å². The van der Waals surface area contributed by atoms with Crippen molar-refractivity contribution in [3.05, 3.63) is 0 Å². The van der Waals surface area contributed by atoms with E-state index in [0.717, 1.165) is 0 Å². The van der Waals surface area contributed by atoms with Crippen LogP contribution in [0, 0.1) is 5.92 Å². The summed E-state index contributed by atoms with van der Waals surface area (Å²) in [5, 5.41) is 16.9. The second-order valence-corrected chi connectivity index (χ2v) is 2.39. The fourth-order valence-corrected chi connectivity index (χ4v) is 0.808. The molecule has 0 aromatic heterocycles. The molecule has 70 valence electrons. The molecule has 0 bridgehead atoms. The summed E-state index contributed by atoms with van der Waals surface area (Å²) in [6.45, 7) is 0.109. The van der Waals surface area contributed by atoms with Crippen molar-refractivity contribution in [2.45, 2.75) is 12.5 Å². The summed E-state index contributed by atoms with van der Waals surface area (Å²) in [4.78, 5) is 20.7. The van der Waals surface area contributed by atoms with Gasteiger partial charge in [0.1, 0.15) is 6.04 Å². The zero-order valence-corrected chi connectivity index (χ0v) is 6.43. The minimum atomic E-state index is -1.38. The third-order valence-electron chi connectivity index (χ3n) is 1.51. The maximum Gasteiger partial charge on any atom is 0.321 e. The van der Waals surface area contributed by atoms with Crippen LogP contribution in [0.25, 0.3) is 0 Å². The molecule has 0 heterocycles. The summed E-state index contributed by atoms with van der Waals surface area (Å²) < 4.78 is 0. The predicted octanol–water partition coefficient (Wildman–Crippen LogP) is -1.55. The molecule has 0 aliphatic heterocycles. The minimum absolute atomic E-state index is 0.0722. The van der Waals surface area contributed by atoms with Crippen LogP contribution in [0.1, 0.15) is 6.42 Å². The third-order valence-corrected chi connectivity index (χ3v) is 1.51. The first-order valence-electron chi connectivity index (χ1n) is 3.42. The van der Waals surface area contributed by atoms with E-state index in [4.69, 9.17) is 21.7 Å². The van der Waals surface area contributed by atoms with E-state index in [1.54, 1.807) is 0 Å². The van der Waals surface area contributed by atoms with Crippen molar-refractivity contribution < 1.29 is 19.8 Å². The van der Waals surface area contributed by atoms with E-state index in [-0.39, 0.29) is 13.0 Å². The third kappa shape index (κ3) is 2.85. The van der Waals surface area contributed by atoms with Crippen LogP contribution in [0.2, 0.25) is 0 Å². The lowest BCUT2D eigenvalue weighted by Gasteiger charge is -2.14. The summed E-state index contributed by atoms with van der Waals surface area (Å²) >= 11 is 0. The van der Waals surface area contributed by atoms with Crippen LogP contribution >= 0.6 is 0 Å². The highest BCUT2D eigenvalue weighted by atomic mass is 16.4. The van der Waals surface area contributed by atoms with Gasteiger partial charge < -0.3 is 21.7 Å². The number of hydrogen-bond donors (Lipinski definition) is 4. The summed E-state index contributed by atoms with van der Waals surface area (Å²) in [5.74, 6) is -3.65. The Kier molecular flexibility index (Phi) is 4.24. The van der Waals surface area contributed by atoms with Gasteiger partial charge in [0.05, 0.1) is 5.92 Å². The number of nitrogens with two attached hydrogens (primary N) is 2. The normalized spacial score (nSPS) is 15.2. The van der Waals surface area contributed by atoms with E-state index in [2.05, 4.69) is 0 Å². The quantitative estimate of drug-likeness (QED) is 0.401. The largest absolute Gasteiger partial charge is 0.481 e. The van der Waals surface area contributed by atoms with Gasteiger partial charge in [-0.25, -0.2) is 0 Å². The highest BCUT2D eigenvalue weighted by Crippen LogP contribution is 2.06. The molecule has 0 aliphatic carbocycles. The second kappa shape index (κ2) is 4.68. The first kappa shape index (κ1) is 10.9. The molecule has 2 unspecified atom stereocenters. The van der Waals surface area contributed by atoms with Crippen LogP contribution in [-0.2, 0) is 9.59 Å². The van der Waals surface area contributed by atoms with E-state index in [1.165, 1.54) is 0 Å². The van der Waals surface area contributed by atoms with Gasteiger partial charge in [-0.05, 0) is 13.0 Å². The standard InChI is InChI=1S/C6H12N2O4/c7-2-1-3(5(9)10)4(8)6(11)12/h3-4H,1-2,7-8H2,(H,9,10)(H,11,12). The van der Waals surface area contributed by atoms with Gasteiger partial charge in [-0.1, -0.05) is 0 Å². The van der Waals surface area contributed by atoms with Gasteiger partial charge in [0.15, 0.2) is 0 Å². The molecule has 0 spiro atoms. The fraction of sp³-hybridized carbons (Fsp3) is 0.667. The van der Waals surface area contributed by atoms with Gasteiger partial charge in [-0.3, -0.25) is 9.59 Å². The van der Waals surface area contributed by atoms with Crippen molar-refractivity contribution in [1.29, 1.82) is 0 Å². The lowest BCUT2D eigenvalue weighted by molar-refractivity contribution is -0.150. The Morgan fingerprint density at radius 1 is 1.25 bits per heavy atom. The predicted molar refractivity (Wildman–Crippen MR) is 40.4 cm³/mol.